The zero-order valence-corrected chi connectivity index (χ0v) is 9.49. The molecule has 15 heavy (non-hydrogen) atoms. The van der Waals surface area contributed by atoms with Crippen LogP contribution in [0.25, 0.3) is 0 Å². The van der Waals surface area contributed by atoms with E-state index in [0.717, 1.165) is 19.6 Å². The van der Waals surface area contributed by atoms with E-state index >= 15 is 0 Å². The molecule has 0 radical (unpaired) electrons. The highest BCUT2D eigenvalue weighted by Gasteiger charge is 2.23. The first kappa shape index (κ1) is 10.7. The Hall–Kier alpha value is -0.860. The minimum Gasteiger partial charge on any atom is -0.384 e. The Morgan fingerprint density at radius 1 is 1.47 bits per heavy atom. The Balaban J connectivity index is 2.21. The average molecular weight is 205 g/mol. The third-order valence-corrected chi connectivity index (χ3v) is 3.15. The van der Waals surface area contributed by atoms with Gasteiger partial charge < -0.3 is 10.1 Å². The van der Waals surface area contributed by atoms with Crippen molar-refractivity contribution in [3.63, 3.8) is 0 Å². The number of hydrogen-bond acceptors (Lipinski definition) is 2. The smallest absolute Gasteiger partial charge is 0.0506 e. The van der Waals surface area contributed by atoms with Crippen LogP contribution in [0.5, 0.6) is 0 Å². The van der Waals surface area contributed by atoms with Gasteiger partial charge in [-0.3, -0.25) is 0 Å². The molecule has 82 valence electrons. The van der Waals surface area contributed by atoms with E-state index in [9.17, 15) is 0 Å². The largest absolute Gasteiger partial charge is 0.384 e. The molecule has 0 saturated heterocycles. The van der Waals surface area contributed by atoms with Crippen molar-refractivity contribution in [1.82, 2.24) is 5.32 Å². The van der Waals surface area contributed by atoms with Gasteiger partial charge in [-0.05, 0) is 30.0 Å². The highest BCUT2D eigenvalue weighted by Crippen LogP contribution is 2.28. The molecule has 1 aliphatic rings. The molecule has 0 spiro atoms. The Morgan fingerprint density at radius 2 is 2.27 bits per heavy atom. The third-order valence-electron chi connectivity index (χ3n) is 3.15. The van der Waals surface area contributed by atoms with Gasteiger partial charge in [0.15, 0.2) is 0 Å². The SMILES string of the molecule is COCC(C)C1NCCc2ccccc21. The van der Waals surface area contributed by atoms with Gasteiger partial charge in [0.25, 0.3) is 0 Å². The van der Waals surface area contributed by atoms with Crippen LogP contribution in [0.3, 0.4) is 0 Å². The summed E-state index contributed by atoms with van der Waals surface area (Å²) < 4.78 is 5.23. The molecule has 2 atom stereocenters. The maximum absolute atomic E-state index is 5.23. The maximum atomic E-state index is 5.23. The number of methoxy groups -OCH3 is 1. The summed E-state index contributed by atoms with van der Waals surface area (Å²) in [7, 11) is 1.77. The lowest BCUT2D eigenvalue weighted by molar-refractivity contribution is 0.137. The van der Waals surface area contributed by atoms with Crippen LogP contribution < -0.4 is 5.32 Å². The first-order chi connectivity index (χ1) is 7.33. The van der Waals surface area contributed by atoms with Gasteiger partial charge in [-0.2, -0.15) is 0 Å². The van der Waals surface area contributed by atoms with E-state index in [2.05, 4.69) is 36.5 Å². The van der Waals surface area contributed by atoms with Gasteiger partial charge >= 0.3 is 0 Å². The van der Waals surface area contributed by atoms with Crippen LogP contribution in [-0.2, 0) is 11.2 Å². The van der Waals surface area contributed by atoms with Crippen LogP contribution in [-0.4, -0.2) is 20.3 Å². The summed E-state index contributed by atoms with van der Waals surface area (Å²) in [6.45, 7) is 4.13. The van der Waals surface area contributed by atoms with Crippen LogP contribution in [0.2, 0.25) is 0 Å². The van der Waals surface area contributed by atoms with E-state index in [4.69, 9.17) is 4.74 Å². The topological polar surface area (TPSA) is 21.3 Å². The molecule has 1 aromatic rings. The summed E-state index contributed by atoms with van der Waals surface area (Å²) in [5.41, 5.74) is 2.94. The lowest BCUT2D eigenvalue weighted by Crippen LogP contribution is -2.35. The van der Waals surface area contributed by atoms with Crippen molar-refractivity contribution in [2.75, 3.05) is 20.3 Å². The molecule has 2 heteroatoms. The third kappa shape index (κ3) is 2.21. The lowest BCUT2D eigenvalue weighted by atomic mass is 9.87. The van der Waals surface area contributed by atoms with Crippen LogP contribution in [0.15, 0.2) is 24.3 Å². The van der Waals surface area contributed by atoms with Gasteiger partial charge in [0, 0.05) is 13.2 Å². The second kappa shape index (κ2) is 4.77. The first-order valence-corrected chi connectivity index (χ1v) is 5.63. The molecule has 2 nitrogen and oxygen atoms in total. The standard InChI is InChI=1S/C13H19NO/c1-10(9-15-2)13-12-6-4-3-5-11(12)7-8-14-13/h3-6,10,13-14H,7-9H2,1-2H3. The molecule has 1 heterocycles. The van der Waals surface area contributed by atoms with Crippen molar-refractivity contribution >= 4 is 0 Å². The zero-order chi connectivity index (χ0) is 10.7. The number of rotatable bonds is 3. The van der Waals surface area contributed by atoms with E-state index in [0.29, 0.717) is 12.0 Å². The molecule has 1 N–H and O–H groups in total. The van der Waals surface area contributed by atoms with Crippen LogP contribution in [0.1, 0.15) is 24.1 Å². The van der Waals surface area contributed by atoms with Crippen molar-refractivity contribution in [3.8, 4) is 0 Å². The van der Waals surface area contributed by atoms with Crippen LogP contribution in [0, 0.1) is 5.92 Å². The molecule has 0 bridgehead atoms. The highest BCUT2D eigenvalue weighted by molar-refractivity contribution is 5.32. The Morgan fingerprint density at radius 3 is 3.07 bits per heavy atom. The normalized spacial score (nSPS) is 22.1. The Kier molecular flexibility index (Phi) is 3.39. The summed E-state index contributed by atoms with van der Waals surface area (Å²) in [6, 6.07) is 9.18. The number of fused-ring (bicyclic) bond motifs is 1. The number of nitrogens with one attached hydrogen (secondary N) is 1. The monoisotopic (exact) mass is 205 g/mol. The number of hydrogen-bond donors (Lipinski definition) is 1. The molecule has 1 aromatic carbocycles. The fourth-order valence-corrected chi connectivity index (χ4v) is 2.40. The van der Waals surface area contributed by atoms with Gasteiger partial charge in [-0.25, -0.2) is 0 Å². The summed E-state index contributed by atoms with van der Waals surface area (Å²) in [6.07, 6.45) is 1.15. The lowest BCUT2D eigenvalue weighted by Gasteiger charge is -2.31. The first-order valence-electron chi connectivity index (χ1n) is 5.63. The van der Waals surface area contributed by atoms with Gasteiger partial charge in [-0.1, -0.05) is 31.2 Å². The zero-order valence-electron chi connectivity index (χ0n) is 9.49. The average Bonchev–Trinajstić information content (AvgIpc) is 2.28. The summed E-state index contributed by atoms with van der Waals surface area (Å²) >= 11 is 0. The second-order valence-electron chi connectivity index (χ2n) is 4.31. The van der Waals surface area contributed by atoms with Crippen molar-refractivity contribution in [1.29, 1.82) is 0 Å². The Bertz CT molecular complexity index is 324. The predicted octanol–water partition coefficient (Wildman–Crippen LogP) is 2.16. The molecule has 0 aliphatic carbocycles. The molecule has 2 rings (SSSR count). The van der Waals surface area contributed by atoms with E-state index in [1.54, 1.807) is 7.11 Å². The van der Waals surface area contributed by atoms with Crippen LogP contribution in [0.4, 0.5) is 0 Å². The number of ether oxygens (including phenoxy) is 1. The van der Waals surface area contributed by atoms with Gasteiger partial charge in [0.05, 0.1) is 6.61 Å². The summed E-state index contributed by atoms with van der Waals surface area (Å²) in [5.74, 6) is 0.524. The molecule has 0 fully saturated rings. The maximum Gasteiger partial charge on any atom is 0.0506 e. The summed E-state index contributed by atoms with van der Waals surface area (Å²) in [5, 5.41) is 3.58. The molecule has 0 aromatic heterocycles. The fraction of sp³-hybridized carbons (Fsp3) is 0.538. The number of benzene rings is 1. The minimum absolute atomic E-state index is 0.454. The molecule has 0 saturated carbocycles. The highest BCUT2D eigenvalue weighted by atomic mass is 16.5. The molecular weight excluding hydrogens is 186 g/mol. The minimum atomic E-state index is 0.454. The second-order valence-corrected chi connectivity index (χ2v) is 4.31. The van der Waals surface area contributed by atoms with Gasteiger partial charge in [-0.15, -0.1) is 0 Å². The van der Waals surface area contributed by atoms with Crippen molar-refractivity contribution in [2.24, 2.45) is 5.92 Å². The van der Waals surface area contributed by atoms with E-state index < -0.39 is 0 Å². The van der Waals surface area contributed by atoms with Gasteiger partial charge in [0.1, 0.15) is 0 Å². The Labute approximate surface area is 91.6 Å². The van der Waals surface area contributed by atoms with E-state index in [1.165, 1.54) is 11.1 Å². The fourth-order valence-electron chi connectivity index (χ4n) is 2.40. The van der Waals surface area contributed by atoms with E-state index in [-0.39, 0.29) is 0 Å². The molecule has 2 unspecified atom stereocenters. The van der Waals surface area contributed by atoms with Crippen molar-refractivity contribution < 1.29 is 4.74 Å². The van der Waals surface area contributed by atoms with Crippen molar-refractivity contribution in [2.45, 2.75) is 19.4 Å². The predicted molar refractivity (Wildman–Crippen MR) is 61.9 cm³/mol. The van der Waals surface area contributed by atoms with Crippen molar-refractivity contribution in [3.05, 3.63) is 35.4 Å². The molecule has 1 aliphatic heterocycles. The van der Waals surface area contributed by atoms with Crippen LogP contribution >= 0.6 is 0 Å². The molecule has 0 amide bonds. The molecular formula is C13H19NO. The van der Waals surface area contributed by atoms with Gasteiger partial charge in [0.2, 0.25) is 0 Å². The quantitative estimate of drug-likeness (QED) is 0.816. The summed E-state index contributed by atoms with van der Waals surface area (Å²) in [4.78, 5) is 0. The van der Waals surface area contributed by atoms with E-state index in [1.807, 2.05) is 0 Å².